The molecule has 0 aliphatic rings. The number of hydrogen-bond acceptors (Lipinski definition) is 4. The summed E-state index contributed by atoms with van der Waals surface area (Å²) in [6, 6.07) is 6.25. The number of likely N-dealkylation sites (N-methyl/N-ethyl adjacent to an activating group) is 1. The number of nitrogens with zero attached hydrogens (tertiary/aromatic N) is 3. The van der Waals surface area contributed by atoms with Crippen LogP contribution in [0.4, 0.5) is 4.39 Å². The molecular formula is C16H19FN4O. The number of rotatable bonds is 5. The van der Waals surface area contributed by atoms with E-state index in [1.165, 1.54) is 18.3 Å². The standard InChI is InChI=1S/C16H19FN4O/c1-11-8-19-14(9-18-11)16(22)20-10-15(21(2)3)12-5-4-6-13(17)7-12/h4-9,15H,10H2,1-3H3,(H,20,22). The number of benzene rings is 1. The van der Waals surface area contributed by atoms with Gasteiger partial charge in [-0.15, -0.1) is 0 Å². The van der Waals surface area contributed by atoms with Crippen molar-refractivity contribution in [3.05, 3.63) is 59.4 Å². The quantitative estimate of drug-likeness (QED) is 0.917. The highest BCUT2D eigenvalue weighted by Crippen LogP contribution is 2.18. The van der Waals surface area contributed by atoms with Crippen LogP contribution in [-0.2, 0) is 0 Å². The van der Waals surface area contributed by atoms with Crippen molar-refractivity contribution in [1.82, 2.24) is 20.2 Å². The highest BCUT2D eigenvalue weighted by atomic mass is 19.1. The van der Waals surface area contributed by atoms with Crippen LogP contribution < -0.4 is 5.32 Å². The third-order valence-electron chi connectivity index (χ3n) is 3.33. The van der Waals surface area contributed by atoms with Gasteiger partial charge in [-0.2, -0.15) is 0 Å². The Hall–Kier alpha value is -2.34. The normalized spacial score (nSPS) is 12.2. The monoisotopic (exact) mass is 302 g/mol. The second kappa shape index (κ2) is 7.09. The first-order valence-corrected chi connectivity index (χ1v) is 6.96. The van der Waals surface area contributed by atoms with Gasteiger partial charge >= 0.3 is 0 Å². The summed E-state index contributed by atoms with van der Waals surface area (Å²) in [6.07, 6.45) is 2.99. The number of carbonyl (C=O) groups excluding carboxylic acids is 1. The Morgan fingerprint density at radius 3 is 2.68 bits per heavy atom. The minimum atomic E-state index is -0.296. The molecule has 1 unspecified atom stereocenters. The summed E-state index contributed by atoms with van der Waals surface area (Å²) in [5, 5.41) is 2.81. The van der Waals surface area contributed by atoms with Gasteiger partial charge in [0, 0.05) is 12.7 Å². The Kier molecular flexibility index (Phi) is 5.16. The third kappa shape index (κ3) is 4.08. The SMILES string of the molecule is Cc1cnc(C(=O)NCC(c2cccc(F)c2)N(C)C)cn1. The molecule has 1 atom stereocenters. The Bertz CT molecular complexity index is 643. The maximum atomic E-state index is 13.4. The second-order valence-corrected chi connectivity index (χ2v) is 5.29. The van der Waals surface area contributed by atoms with E-state index < -0.39 is 0 Å². The van der Waals surface area contributed by atoms with E-state index in [1.54, 1.807) is 19.2 Å². The van der Waals surface area contributed by atoms with Gasteiger partial charge in [-0.3, -0.25) is 9.78 Å². The topological polar surface area (TPSA) is 58.1 Å². The van der Waals surface area contributed by atoms with Gasteiger partial charge in [0.05, 0.1) is 17.9 Å². The molecule has 0 radical (unpaired) electrons. The van der Waals surface area contributed by atoms with Crippen LogP contribution in [0.15, 0.2) is 36.7 Å². The number of halogens is 1. The average molecular weight is 302 g/mol. The minimum absolute atomic E-state index is 0.127. The number of carbonyl (C=O) groups is 1. The van der Waals surface area contributed by atoms with Gasteiger partial charge in [-0.25, -0.2) is 9.37 Å². The van der Waals surface area contributed by atoms with Crippen LogP contribution in [0.3, 0.4) is 0 Å². The van der Waals surface area contributed by atoms with Crippen molar-refractivity contribution in [1.29, 1.82) is 0 Å². The summed E-state index contributed by atoms with van der Waals surface area (Å²) < 4.78 is 13.4. The molecule has 2 aromatic rings. The van der Waals surface area contributed by atoms with E-state index in [1.807, 2.05) is 25.1 Å². The zero-order chi connectivity index (χ0) is 16.1. The van der Waals surface area contributed by atoms with E-state index in [-0.39, 0.29) is 23.5 Å². The van der Waals surface area contributed by atoms with Crippen LogP contribution >= 0.6 is 0 Å². The molecule has 5 nitrogen and oxygen atoms in total. The summed E-state index contributed by atoms with van der Waals surface area (Å²) >= 11 is 0. The number of aryl methyl sites for hydroxylation is 1. The third-order valence-corrected chi connectivity index (χ3v) is 3.33. The zero-order valence-corrected chi connectivity index (χ0v) is 12.9. The molecule has 0 saturated heterocycles. The Morgan fingerprint density at radius 2 is 2.09 bits per heavy atom. The first-order valence-electron chi connectivity index (χ1n) is 6.96. The van der Waals surface area contributed by atoms with E-state index in [9.17, 15) is 9.18 Å². The molecule has 2 rings (SSSR count). The number of hydrogen-bond donors (Lipinski definition) is 1. The van der Waals surface area contributed by atoms with Crippen LogP contribution in [0.1, 0.15) is 27.8 Å². The highest BCUT2D eigenvalue weighted by Gasteiger charge is 2.17. The van der Waals surface area contributed by atoms with Gasteiger partial charge in [0.2, 0.25) is 0 Å². The highest BCUT2D eigenvalue weighted by molar-refractivity contribution is 5.91. The van der Waals surface area contributed by atoms with E-state index in [0.717, 1.165) is 11.3 Å². The lowest BCUT2D eigenvalue weighted by Crippen LogP contribution is -2.35. The van der Waals surface area contributed by atoms with Gasteiger partial charge < -0.3 is 10.2 Å². The largest absolute Gasteiger partial charge is 0.349 e. The van der Waals surface area contributed by atoms with Crippen LogP contribution in [0.5, 0.6) is 0 Å². The summed E-state index contributed by atoms with van der Waals surface area (Å²) in [7, 11) is 3.76. The van der Waals surface area contributed by atoms with Gasteiger partial charge in [0.1, 0.15) is 11.5 Å². The van der Waals surface area contributed by atoms with Crippen LogP contribution in [0, 0.1) is 12.7 Å². The number of aromatic nitrogens is 2. The summed E-state index contributed by atoms with van der Waals surface area (Å²) in [4.78, 5) is 22.1. The molecule has 1 aromatic carbocycles. The average Bonchev–Trinajstić information content (AvgIpc) is 2.47. The van der Waals surface area contributed by atoms with Crippen molar-refractivity contribution in [2.24, 2.45) is 0 Å². The smallest absolute Gasteiger partial charge is 0.271 e. The molecule has 0 spiro atoms. The molecule has 0 aliphatic carbocycles. The Morgan fingerprint density at radius 1 is 1.32 bits per heavy atom. The number of nitrogens with one attached hydrogen (secondary N) is 1. The van der Waals surface area contributed by atoms with Gasteiger partial charge in [-0.05, 0) is 38.7 Å². The molecule has 116 valence electrons. The molecular weight excluding hydrogens is 283 g/mol. The van der Waals surface area contributed by atoms with Crippen molar-refractivity contribution >= 4 is 5.91 Å². The van der Waals surface area contributed by atoms with Gasteiger partial charge in [0.25, 0.3) is 5.91 Å². The first kappa shape index (κ1) is 16.0. The predicted octanol–water partition coefficient (Wildman–Crippen LogP) is 1.96. The fraction of sp³-hybridized carbons (Fsp3) is 0.312. The van der Waals surface area contributed by atoms with E-state index in [4.69, 9.17) is 0 Å². The molecule has 0 bridgehead atoms. The maximum Gasteiger partial charge on any atom is 0.271 e. The van der Waals surface area contributed by atoms with Crippen molar-refractivity contribution in [3.63, 3.8) is 0 Å². The van der Waals surface area contributed by atoms with E-state index >= 15 is 0 Å². The Labute approximate surface area is 129 Å². The van der Waals surface area contributed by atoms with Crippen molar-refractivity contribution < 1.29 is 9.18 Å². The molecule has 6 heteroatoms. The molecule has 0 saturated carbocycles. The molecule has 1 N–H and O–H groups in total. The molecule has 0 aliphatic heterocycles. The predicted molar refractivity (Wildman–Crippen MR) is 81.9 cm³/mol. The van der Waals surface area contributed by atoms with E-state index in [0.29, 0.717) is 6.54 Å². The molecule has 1 amide bonds. The van der Waals surface area contributed by atoms with Crippen LogP contribution in [0.2, 0.25) is 0 Å². The minimum Gasteiger partial charge on any atom is -0.349 e. The second-order valence-electron chi connectivity index (χ2n) is 5.29. The molecule has 22 heavy (non-hydrogen) atoms. The summed E-state index contributed by atoms with van der Waals surface area (Å²) in [6.45, 7) is 2.16. The van der Waals surface area contributed by atoms with E-state index in [2.05, 4.69) is 15.3 Å². The lowest BCUT2D eigenvalue weighted by Gasteiger charge is -2.25. The first-order chi connectivity index (χ1) is 10.5. The molecule has 1 aromatic heterocycles. The van der Waals surface area contributed by atoms with Gasteiger partial charge in [-0.1, -0.05) is 12.1 Å². The van der Waals surface area contributed by atoms with Crippen molar-refractivity contribution in [2.75, 3.05) is 20.6 Å². The Balaban J connectivity index is 2.06. The lowest BCUT2D eigenvalue weighted by atomic mass is 10.1. The van der Waals surface area contributed by atoms with Crippen LogP contribution in [-0.4, -0.2) is 41.4 Å². The summed E-state index contributed by atoms with van der Waals surface area (Å²) in [5.41, 5.74) is 1.82. The fourth-order valence-electron chi connectivity index (χ4n) is 2.10. The maximum absolute atomic E-state index is 13.4. The fourth-order valence-corrected chi connectivity index (χ4v) is 2.10. The molecule has 0 fully saturated rings. The zero-order valence-electron chi connectivity index (χ0n) is 12.9. The number of amides is 1. The van der Waals surface area contributed by atoms with Gasteiger partial charge in [0.15, 0.2) is 0 Å². The molecule has 1 heterocycles. The van der Waals surface area contributed by atoms with Crippen LogP contribution in [0.25, 0.3) is 0 Å². The van der Waals surface area contributed by atoms with Crippen molar-refractivity contribution in [3.8, 4) is 0 Å². The summed E-state index contributed by atoms with van der Waals surface area (Å²) in [5.74, 6) is -0.587. The van der Waals surface area contributed by atoms with Crippen molar-refractivity contribution in [2.45, 2.75) is 13.0 Å². The lowest BCUT2D eigenvalue weighted by molar-refractivity contribution is 0.0936.